The Kier molecular flexibility index (Phi) is 4.97. The molecule has 1 spiro atoms. The molecule has 0 bridgehead atoms. The number of aromatic nitrogens is 2. The Morgan fingerprint density at radius 3 is 3.06 bits per heavy atom. The molecule has 31 heavy (non-hydrogen) atoms. The number of nitrogens with one attached hydrogen (secondary N) is 1. The molecule has 2 fully saturated rings. The van der Waals surface area contributed by atoms with Crippen LogP contribution in [0.15, 0.2) is 30.6 Å². The molecule has 4 heterocycles. The Morgan fingerprint density at radius 1 is 1.23 bits per heavy atom. The predicted molar refractivity (Wildman–Crippen MR) is 121 cm³/mol. The molecule has 0 amide bonds. The Labute approximate surface area is 185 Å². The molecular weight excluding hydrogens is 386 g/mol. The lowest BCUT2D eigenvalue weighted by Crippen LogP contribution is -2.47. The lowest BCUT2D eigenvalue weighted by molar-refractivity contribution is 0.0203. The van der Waals surface area contributed by atoms with Crippen LogP contribution in [0.2, 0.25) is 0 Å². The Morgan fingerprint density at radius 2 is 2.16 bits per heavy atom. The number of anilines is 1. The second kappa shape index (κ2) is 7.84. The van der Waals surface area contributed by atoms with Crippen LogP contribution in [0.4, 0.5) is 5.82 Å². The zero-order valence-corrected chi connectivity index (χ0v) is 18.5. The van der Waals surface area contributed by atoms with Crippen LogP contribution in [0.25, 0.3) is 0 Å². The minimum Gasteiger partial charge on any atom is -0.371 e. The van der Waals surface area contributed by atoms with Crippen molar-refractivity contribution in [3.63, 3.8) is 0 Å². The number of hydrogen-bond donors (Lipinski definition) is 1. The molecule has 1 saturated heterocycles. The lowest BCUT2D eigenvalue weighted by atomic mass is 9.90. The van der Waals surface area contributed by atoms with Crippen molar-refractivity contribution < 1.29 is 4.74 Å². The average Bonchev–Trinajstić information content (AvgIpc) is 3.56. The third-order valence-electron chi connectivity index (χ3n) is 7.72. The van der Waals surface area contributed by atoms with Crippen molar-refractivity contribution in [2.75, 3.05) is 38.2 Å². The maximum absolute atomic E-state index is 6.05. The van der Waals surface area contributed by atoms with E-state index in [0.717, 1.165) is 39.2 Å². The number of rotatable bonds is 4. The molecule has 2 aliphatic carbocycles. The van der Waals surface area contributed by atoms with E-state index in [2.05, 4.69) is 40.4 Å². The summed E-state index contributed by atoms with van der Waals surface area (Å²) in [6.07, 6.45) is 11.0. The van der Waals surface area contributed by atoms with E-state index in [9.17, 15) is 0 Å². The second-order valence-corrected chi connectivity index (χ2v) is 9.90. The summed E-state index contributed by atoms with van der Waals surface area (Å²) in [5.74, 6) is 1.20. The second-order valence-electron chi connectivity index (χ2n) is 9.90. The van der Waals surface area contributed by atoms with Gasteiger partial charge >= 0.3 is 0 Å². The van der Waals surface area contributed by atoms with Crippen LogP contribution in [0.1, 0.15) is 54.1 Å². The highest BCUT2D eigenvalue weighted by Gasteiger charge is 2.48. The molecule has 2 atom stereocenters. The number of aryl methyl sites for hydroxylation is 1. The van der Waals surface area contributed by atoms with Crippen molar-refractivity contribution in [2.45, 2.75) is 62.8 Å². The minimum atomic E-state index is 0.122. The van der Waals surface area contributed by atoms with Crippen molar-refractivity contribution in [1.29, 1.82) is 0 Å². The SMILES string of the molecule is CN(C[C@H]1Cc2c(ccnc2N2CCOC3(CC3)C2)CN1)[C@H]1CCCc2cccnc21. The van der Waals surface area contributed by atoms with E-state index in [1.54, 1.807) is 0 Å². The van der Waals surface area contributed by atoms with Crippen LogP contribution in [0, 0.1) is 0 Å². The van der Waals surface area contributed by atoms with Gasteiger partial charge < -0.3 is 15.0 Å². The third kappa shape index (κ3) is 3.75. The van der Waals surface area contributed by atoms with Crippen molar-refractivity contribution in [2.24, 2.45) is 0 Å². The molecule has 0 unspecified atom stereocenters. The maximum atomic E-state index is 6.05. The number of fused-ring (bicyclic) bond motifs is 2. The number of hydrogen-bond acceptors (Lipinski definition) is 6. The van der Waals surface area contributed by atoms with Gasteiger partial charge in [0.25, 0.3) is 0 Å². The monoisotopic (exact) mass is 419 g/mol. The zero-order valence-electron chi connectivity index (χ0n) is 18.5. The van der Waals surface area contributed by atoms with E-state index >= 15 is 0 Å². The standard InChI is InChI=1S/C25H33N5O/c1-29(22-6-2-4-18-5-3-10-26-23(18)22)16-20-14-21-19(15-28-20)7-11-27-24(21)30-12-13-31-25(17-30)8-9-25/h3,5,7,10-11,20,22,28H,2,4,6,8-9,12-17H2,1H3/t20-,22+/m1/s1. The summed E-state index contributed by atoms with van der Waals surface area (Å²) in [7, 11) is 2.27. The summed E-state index contributed by atoms with van der Waals surface area (Å²) >= 11 is 0. The Hall–Kier alpha value is -2.02. The molecule has 0 aromatic carbocycles. The van der Waals surface area contributed by atoms with Crippen LogP contribution in [0.3, 0.4) is 0 Å². The van der Waals surface area contributed by atoms with Gasteiger partial charge in [-0.25, -0.2) is 4.98 Å². The Bertz CT molecular complexity index is 959. The number of pyridine rings is 2. The predicted octanol–water partition coefficient (Wildman–Crippen LogP) is 2.87. The highest BCUT2D eigenvalue weighted by Crippen LogP contribution is 2.43. The van der Waals surface area contributed by atoms with E-state index in [4.69, 9.17) is 14.7 Å². The molecule has 6 rings (SSSR count). The van der Waals surface area contributed by atoms with E-state index in [1.807, 2.05) is 12.4 Å². The molecule has 1 saturated carbocycles. The average molecular weight is 420 g/mol. The molecular formula is C25H33N5O. The van der Waals surface area contributed by atoms with Gasteiger partial charge in [0.2, 0.25) is 0 Å². The van der Waals surface area contributed by atoms with E-state index in [0.29, 0.717) is 12.1 Å². The van der Waals surface area contributed by atoms with Gasteiger partial charge in [-0.15, -0.1) is 0 Å². The van der Waals surface area contributed by atoms with Crippen molar-refractivity contribution in [3.8, 4) is 0 Å². The van der Waals surface area contributed by atoms with Gasteiger partial charge in [-0.2, -0.15) is 0 Å². The van der Waals surface area contributed by atoms with Gasteiger partial charge in [0, 0.05) is 50.2 Å². The zero-order chi connectivity index (χ0) is 20.8. The number of nitrogens with zero attached hydrogens (tertiary/aromatic N) is 4. The fourth-order valence-corrected chi connectivity index (χ4v) is 5.84. The third-order valence-corrected chi connectivity index (χ3v) is 7.72. The highest BCUT2D eigenvalue weighted by atomic mass is 16.5. The summed E-state index contributed by atoms with van der Waals surface area (Å²) in [6.45, 7) is 4.73. The molecule has 6 heteroatoms. The first-order valence-electron chi connectivity index (χ1n) is 11.9. The minimum absolute atomic E-state index is 0.122. The summed E-state index contributed by atoms with van der Waals surface area (Å²) in [5.41, 5.74) is 5.69. The van der Waals surface area contributed by atoms with Gasteiger partial charge in [0.15, 0.2) is 0 Å². The topological polar surface area (TPSA) is 53.5 Å². The maximum Gasteiger partial charge on any atom is 0.132 e. The first-order chi connectivity index (χ1) is 15.2. The van der Waals surface area contributed by atoms with Crippen LogP contribution in [-0.4, -0.2) is 59.8 Å². The molecule has 164 valence electrons. The van der Waals surface area contributed by atoms with Gasteiger partial charge in [-0.1, -0.05) is 6.07 Å². The summed E-state index contributed by atoms with van der Waals surface area (Å²) in [5, 5.41) is 3.79. The molecule has 0 radical (unpaired) electrons. The van der Waals surface area contributed by atoms with Gasteiger partial charge in [-0.3, -0.25) is 9.88 Å². The van der Waals surface area contributed by atoms with Gasteiger partial charge in [-0.05, 0) is 68.8 Å². The fraction of sp³-hybridized carbons (Fsp3) is 0.600. The first-order valence-corrected chi connectivity index (χ1v) is 11.9. The normalized spacial score (nSPS) is 26.6. The summed E-state index contributed by atoms with van der Waals surface area (Å²) < 4.78 is 6.05. The summed E-state index contributed by atoms with van der Waals surface area (Å²) in [4.78, 5) is 14.6. The number of likely N-dealkylation sites (N-methyl/N-ethyl adjacent to an activating group) is 1. The van der Waals surface area contributed by atoms with Gasteiger partial charge in [0.1, 0.15) is 5.82 Å². The van der Waals surface area contributed by atoms with Crippen molar-refractivity contribution in [1.82, 2.24) is 20.2 Å². The van der Waals surface area contributed by atoms with E-state index in [1.165, 1.54) is 60.3 Å². The molecule has 1 N–H and O–H groups in total. The molecule has 2 aromatic heterocycles. The van der Waals surface area contributed by atoms with Crippen LogP contribution in [-0.2, 0) is 24.1 Å². The number of ether oxygens (including phenoxy) is 1. The Balaban J connectivity index is 1.19. The van der Waals surface area contributed by atoms with Crippen LogP contribution < -0.4 is 10.2 Å². The van der Waals surface area contributed by atoms with Crippen molar-refractivity contribution in [3.05, 3.63) is 53.0 Å². The highest BCUT2D eigenvalue weighted by molar-refractivity contribution is 5.53. The molecule has 6 nitrogen and oxygen atoms in total. The summed E-state index contributed by atoms with van der Waals surface area (Å²) in [6, 6.07) is 7.39. The molecule has 4 aliphatic rings. The quantitative estimate of drug-likeness (QED) is 0.823. The van der Waals surface area contributed by atoms with E-state index in [-0.39, 0.29) is 5.60 Å². The smallest absolute Gasteiger partial charge is 0.132 e. The lowest BCUT2D eigenvalue weighted by Gasteiger charge is -2.38. The van der Waals surface area contributed by atoms with Crippen LogP contribution in [0.5, 0.6) is 0 Å². The first kappa shape index (κ1) is 19.6. The number of morpholine rings is 1. The fourth-order valence-electron chi connectivity index (χ4n) is 5.84. The largest absolute Gasteiger partial charge is 0.371 e. The molecule has 2 aliphatic heterocycles. The van der Waals surface area contributed by atoms with Gasteiger partial charge in [0.05, 0.1) is 23.9 Å². The molecule has 2 aromatic rings. The van der Waals surface area contributed by atoms with E-state index < -0.39 is 0 Å². The van der Waals surface area contributed by atoms with Crippen LogP contribution >= 0.6 is 0 Å². The van der Waals surface area contributed by atoms with Crippen molar-refractivity contribution >= 4 is 5.82 Å².